The maximum atomic E-state index is 12.6. The van der Waals surface area contributed by atoms with E-state index in [1.54, 1.807) is 49.0 Å². The Hall–Kier alpha value is -2.97. The molecule has 0 aliphatic rings. The zero-order valence-electron chi connectivity index (χ0n) is 14.6. The van der Waals surface area contributed by atoms with E-state index in [2.05, 4.69) is 15.3 Å². The summed E-state index contributed by atoms with van der Waals surface area (Å²) in [5.41, 5.74) is 1.32. The van der Waals surface area contributed by atoms with Gasteiger partial charge in [-0.15, -0.1) is 22.7 Å². The van der Waals surface area contributed by atoms with Crippen molar-refractivity contribution in [1.29, 1.82) is 0 Å². The van der Waals surface area contributed by atoms with Crippen LogP contribution in [0.15, 0.2) is 48.8 Å². The molecule has 136 valence electrons. The number of hydrogen-bond acceptors (Lipinski definition) is 7. The second kappa shape index (κ2) is 7.34. The van der Waals surface area contributed by atoms with Crippen LogP contribution in [-0.2, 0) is 0 Å². The van der Waals surface area contributed by atoms with Crippen LogP contribution in [0.25, 0.3) is 20.1 Å². The van der Waals surface area contributed by atoms with Gasteiger partial charge in [0.1, 0.15) is 22.0 Å². The highest BCUT2D eigenvalue weighted by atomic mass is 32.1. The summed E-state index contributed by atoms with van der Waals surface area (Å²) < 4.78 is 11.6. The van der Waals surface area contributed by atoms with Crippen molar-refractivity contribution >= 4 is 43.8 Å². The first-order valence-corrected chi connectivity index (χ1v) is 9.65. The third-order valence-electron chi connectivity index (χ3n) is 3.90. The highest BCUT2D eigenvalue weighted by Crippen LogP contribution is 2.36. The van der Waals surface area contributed by atoms with Crippen LogP contribution < -0.4 is 14.8 Å². The molecule has 4 aromatic rings. The number of hydrogen-bond donors (Lipinski definition) is 1. The van der Waals surface area contributed by atoms with Crippen LogP contribution in [0.3, 0.4) is 0 Å². The van der Waals surface area contributed by atoms with Gasteiger partial charge in [0.25, 0.3) is 5.91 Å². The first-order chi connectivity index (χ1) is 13.2. The number of aromatic nitrogens is 2. The molecule has 0 aliphatic heterocycles. The van der Waals surface area contributed by atoms with Gasteiger partial charge in [-0.3, -0.25) is 9.78 Å². The van der Waals surface area contributed by atoms with Gasteiger partial charge in [0, 0.05) is 12.3 Å². The highest BCUT2D eigenvalue weighted by molar-refractivity contribution is 7.26. The Balaban J connectivity index is 1.56. The lowest BCUT2D eigenvalue weighted by Gasteiger charge is -2.09. The van der Waals surface area contributed by atoms with Crippen LogP contribution in [0.4, 0.5) is 5.00 Å². The predicted molar refractivity (Wildman–Crippen MR) is 108 cm³/mol. The summed E-state index contributed by atoms with van der Waals surface area (Å²) in [6.45, 7) is 0. The Bertz CT molecular complexity index is 1090. The molecule has 0 radical (unpaired) electrons. The Morgan fingerprint density at radius 2 is 1.96 bits per heavy atom. The number of carbonyl (C=O) groups excluding carboxylic acids is 1. The summed E-state index contributed by atoms with van der Waals surface area (Å²) in [5, 5.41) is 4.57. The molecule has 8 heteroatoms. The van der Waals surface area contributed by atoms with Gasteiger partial charge in [0.05, 0.1) is 40.6 Å². The van der Waals surface area contributed by atoms with E-state index >= 15 is 0 Å². The Labute approximate surface area is 163 Å². The lowest BCUT2D eigenvalue weighted by atomic mass is 10.2. The molecule has 0 saturated heterocycles. The minimum atomic E-state index is -0.239. The molecule has 3 heterocycles. The molecule has 0 aliphatic carbocycles. The molecular formula is C19H15N3O3S2. The van der Waals surface area contributed by atoms with E-state index in [-0.39, 0.29) is 5.91 Å². The first kappa shape index (κ1) is 17.4. The number of nitrogens with zero attached hydrogens (tertiary/aromatic N) is 2. The smallest absolute Gasteiger partial charge is 0.260 e. The van der Waals surface area contributed by atoms with Gasteiger partial charge in [-0.05, 0) is 30.3 Å². The average Bonchev–Trinajstić information content (AvgIpc) is 3.33. The number of carbonyl (C=O) groups is 1. The zero-order valence-corrected chi connectivity index (χ0v) is 16.2. The molecule has 4 rings (SSSR count). The van der Waals surface area contributed by atoms with Crippen molar-refractivity contribution in [2.75, 3.05) is 19.5 Å². The van der Waals surface area contributed by atoms with Crippen LogP contribution in [-0.4, -0.2) is 30.1 Å². The molecular weight excluding hydrogens is 382 g/mol. The maximum Gasteiger partial charge on any atom is 0.260 e. The van der Waals surface area contributed by atoms with Crippen molar-refractivity contribution in [1.82, 2.24) is 9.97 Å². The lowest BCUT2D eigenvalue weighted by Crippen LogP contribution is -2.12. The van der Waals surface area contributed by atoms with E-state index in [4.69, 9.17) is 9.47 Å². The number of nitrogens with one attached hydrogen (secondary N) is 1. The number of thiazole rings is 1. The summed E-state index contributed by atoms with van der Waals surface area (Å²) in [7, 11) is 3.09. The van der Waals surface area contributed by atoms with E-state index in [9.17, 15) is 4.79 Å². The van der Waals surface area contributed by atoms with Crippen molar-refractivity contribution in [3.8, 4) is 21.4 Å². The van der Waals surface area contributed by atoms with Crippen molar-refractivity contribution in [3.05, 3.63) is 54.4 Å². The highest BCUT2D eigenvalue weighted by Gasteiger charge is 2.15. The fourth-order valence-electron chi connectivity index (χ4n) is 2.57. The predicted octanol–water partition coefficient (Wildman–Crippen LogP) is 4.69. The fraction of sp³-hybridized carbons (Fsp3) is 0.105. The summed E-state index contributed by atoms with van der Waals surface area (Å²) in [5.74, 6) is 0.853. The van der Waals surface area contributed by atoms with Gasteiger partial charge in [-0.25, -0.2) is 4.98 Å². The van der Waals surface area contributed by atoms with Crippen LogP contribution in [0.1, 0.15) is 10.4 Å². The van der Waals surface area contributed by atoms with Crippen molar-refractivity contribution in [2.45, 2.75) is 0 Å². The van der Waals surface area contributed by atoms with Crippen LogP contribution in [0, 0.1) is 0 Å². The van der Waals surface area contributed by atoms with Gasteiger partial charge in [0.15, 0.2) is 0 Å². The Morgan fingerprint density at radius 3 is 2.74 bits per heavy atom. The van der Waals surface area contributed by atoms with Crippen molar-refractivity contribution < 1.29 is 14.3 Å². The maximum absolute atomic E-state index is 12.6. The molecule has 0 unspecified atom stereocenters. The molecule has 27 heavy (non-hydrogen) atoms. The second-order valence-electron chi connectivity index (χ2n) is 5.55. The van der Waals surface area contributed by atoms with E-state index in [1.165, 1.54) is 18.4 Å². The number of pyridine rings is 1. The van der Waals surface area contributed by atoms with E-state index in [0.717, 1.165) is 25.1 Å². The number of benzene rings is 1. The van der Waals surface area contributed by atoms with Crippen LogP contribution in [0.5, 0.6) is 11.5 Å². The molecule has 0 bridgehead atoms. The molecule has 0 atom stereocenters. The van der Waals surface area contributed by atoms with Gasteiger partial charge in [0.2, 0.25) is 0 Å². The number of thiophene rings is 1. The van der Waals surface area contributed by atoms with E-state index in [1.807, 2.05) is 18.2 Å². The van der Waals surface area contributed by atoms with Gasteiger partial charge >= 0.3 is 0 Å². The minimum absolute atomic E-state index is 0.239. The molecule has 0 fully saturated rings. The molecule has 3 aromatic heterocycles. The van der Waals surface area contributed by atoms with Gasteiger partial charge in [-0.1, -0.05) is 0 Å². The number of methoxy groups -OCH3 is 2. The quantitative estimate of drug-likeness (QED) is 0.529. The van der Waals surface area contributed by atoms with Gasteiger partial charge in [-0.2, -0.15) is 0 Å². The fourth-order valence-corrected chi connectivity index (χ4v) is 4.46. The second-order valence-corrected chi connectivity index (χ2v) is 7.66. The largest absolute Gasteiger partial charge is 0.497 e. The van der Waals surface area contributed by atoms with E-state index in [0.29, 0.717) is 17.1 Å². The number of rotatable bonds is 5. The third-order valence-corrected chi connectivity index (χ3v) is 6.10. The van der Waals surface area contributed by atoms with Crippen molar-refractivity contribution in [2.24, 2.45) is 0 Å². The third kappa shape index (κ3) is 3.49. The van der Waals surface area contributed by atoms with Crippen molar-refractivity contribution in [3.63, 3.8) is 0 Å². The summed E-state index contributed by atoms with van der Waals surface area (Å²) >= 11 is 3.08. The summed E-state index contributed by atoms with van der Waals surface area (Å²) in [6.07, 6.45) is 3.51. The molecule has 0 spiro atoms. The molecule has 1 amide bonds. The molecule has 6 nitrogen and oxygen atoms in total. The van der Waals surface area contributed by atoms with E-state index < -0.39 is 0 Å². The first-order valence-electron chi connectivity index (χ1n) is 8.02. The normalized spacial score (nSPS) is 10.7. The van der Waals surface area contributed by atoms with Crippen LogP contribution >= 0.6 is 22.7 Å². The lowest BCUT2D eigenvalue weighted by molar-refractivity contribution is 0.102. The summed E-state index contributed by atoms with van der Waals surface area (Å²) in [6, 6.07) is 10.9. The molecule has 1 N–H and O–H groups in total. The minimum Gasteiger partial charge on any atom is -0.497 e. The van der Waals surface area contributed by atoms with Crippen LogP contribution in [0.2, 0.25) is 0 Å². The number of ether oxygens (including phenoxy) is 2. The number of amides is 1. The standard InChI is InChI=1S/C19H15N3O3S2/c1-24-11-3-4-12(14(9-11)25-2)18(23)22-17-6-5-16(26-17)19-21-13-10-20-8-7-15(13)27-19/h3-10H,1-2H3,(H,22,23). The zero-order chi connectivity index (χ0) is 18.8. The SMILES string of the molecule is COc1ccc(C(=O)Nc2ccc(-c3nc4cnccc4s3)s2)c(OC)c1. The monoisotopic (exact) mass is 397 g/mol. The molecule has 1 aromatic carbocycles. The van der Waals surface area contributed by atoms with Gasteiger partial charge < -0.3 is 14.8 Å². The number of fused-ring (bicyclic) bond motifs is 1. The topological polar surface area (TPSA) is 73.3 Å². The average molecular weight is 397 g/mol. The number of anilines is 1. The summed E-state index contributed by atoms with van der Waals surface area (Å²) in [4.78, 5) is 22.3. The molecule has 0 saturated carbocycles. The Kier molecular flexibility index (Phi) is 4.74. The Morgan fingerprint density at radius 1 is 1.07 bits per heavy atom.